The first kappa shape index (κ1) is 18.1. The summed E-state index contributed by atoms with van der Waals surface area (Å²) >= 11 is 8.66. The highest BCUT2D eigenvalue weighted by atomic mass is 35.5. The molecule has 5 rings (SSSR count). The van der Waals surface area contributed by atoms with Gasteiger partial charge in [0.2, 0.25) is 0 Å². The Labute approximate surface area is 178 Å². The predicted octanol–water partition coefficient (Wildman–Crippen LogP) is 6.06. The van der Waals surface area contributed by atoms with Crippen molar-refractivity contribution in [3.05, 3.63) is 70.6 Å². The molecule has 0 saturated carbocycles. The Kier molecular flexibility index (Phi) is 4.43. The van der Waals surface area contributed by atoms with Crippen LogP contribution in [0, 0.1) is 0 Å². The van der Waals surface area contributed by atoms with Crippen LogP contribution in [-0.4, -0.2) is 15.9 Å². The molecule has 2 aromatic carbocycles. The number of carbonyl (C=O) groups is 1. The van der Waals surface area contributed by atoms with Crippen LogP contribution in [0.3, 0.4) is 0 Å². The van der Waals surface area contributed by atoms with Crippen molar-refractivity contribution in [2.45, 2.75) is 0 Å². The van der Waals surface area contributed by atoms with E-state index < -0.39 is 0 Å². The quantitative estimate of drug-likeness (QED) is 0.360. The summed E-state index contributed by atoms with van der Waals surface area (Å²) in [5.41, 5.74) is 9.28. The normalized spacial score (nSPS) is 11.2. The minimum absolute atomic E-state index is 0.280. The number of hydrogen-bond acceptors (Lipinski definition) is 6. The highest BCUT2D eigenvalue weighted by molar-refractivity contribution is 7.23. The van der Waals surface area contributed by atoms with E-state index in [4.69, 9.17) is 17.3 Å². The number of nitrogen functional groups attached to an aromatic ring is 1. The number of halogens is 1. The summed E-state index contributed by atoms with van der Waals surface area (Å²) < 4.78 is 1.02. The topological polar surface area (TPSA) is 80.9 Å². The van der Waals surface area contributed by atoms with Crippen LogP contribution in [0.4, 0.5) is 10.8 Å². The zero-order valence-electron chi connectivity index (χ0n) is 14.8. The summed E-state index contributed by atoms with van der Waals surface area (Å²) in [6.45, 7) is 0. The van der Waals surface area contributed by atoms with Crippen molar-refractivity contribution in [1.29, 1.82) is 0 Å². The van der Waals surface area contributed by atoms with E-state index in [2.05, 4.69) is 15.3 Å². The van der Waals surface area contributed by atoms with Gasteiger partial charge in [-0.2, -0.15) is 0 Å². The highest BCUT2D eigenvalue weighted by Crippen LogP contribution is 2.35. The molecule has 0 radical (unpaired) electrons. The molecule has 0 spiro atoms. The van der Waals surface area contributed by atoms with E-state index >= 15 is 0 Å². The molecule has 3 aromatic heterocycles. The fourth-order valence-corrected chi connectivity index (χ4v) is 5.00. The minimum Gasteiger partial charge on any atom is -0.397 e. The van der Waals surface area contributed by atoms with E-state index in [1.54, 1.807) is 0 Å². The Balaban J connectivity index is 1.48. The molecule has 142 valence electrons. The molecule has 0 fully saturated rings. The molecule has 3 heterocycles. The molecule has 0 bridgehead atoms. The predicted molar refractivity (Wildman–Crippen MR) is 122 cm³/mol. The molecule has 0 unspecified atom stereocenters. The van der Waals surface area contributed by atoms with Crippen molar-refractivity contribution in [3.63, 3.8) is 0 Å². The number of nitrogens with one attached hydrogen (secondary N) is 1. The Morgan fingerprint density at radius 3 is 2.55 bits per heavy atom. The number of fused-ring (bicyclic) bond motifs is 2. The van der Waals surface area contributed by atoms with E-state index in [0.29, 0.717) is 25.5 Å². The average molecular weight is 437 g/mol. The lowest BCUT2D eigenvalue weighted by molar-refractivity contribution is 0.103. The summed E-state index contributed by atoms with van der Waals surface area (Å²) in [7, 11) is 0. The second-order valence-electron chi connectivity index (χ2n) is 6.34. The Morgan fingerprint density at radius 1 is 0.966 bits per heavy atom. The lowest BCUT2D eigenvalue weighted by Crippen LogP contribution is -2.11. The number of hydrogen-bond donors (Lipinski definition) is 2. The number of amides is 1. The van der Waals surface area contributed by atoms with Gasteiger partial charge in [-0.1, -0.05) is 47.2 Å². The molecule has 1 amide bonds. The van der Waals surface area contributed by atoms with Crippen molar-refractivity contribution in [2.75, 3.05) is 11.1 Å². The molecule has 0 saturated heterocycles. The fourth-order valence-electron chi connectivity index (χ4n) is 3.03. The summed E-state index contributed by atoms with van der Waals surface area (Å²) in [5, 5.41) is 4.84. The van der Waals surface area contributed by atoms with Crippen LogP contribution < -0.4 is 11.1 Å². The monoisotopic (exact) mass is 436 g/mol. The van der Waals surface area contributed by atoms with Gasteiger partial charge in [0.05, 0.1) is 21.6 Å². The van der Waals surface area contributed by atoms with Crippen molar-refractivity contribution in [2.24, 2.45) is 0 Å². The van der Waals surface area contributed by atoms with E-state index in [1.807, 2.05) is 60.7 Å². The number of pyridine rings is 1. The van der Waals surface area contributed by atoms with Gasteiger partial charge < -0.3 is 5.73 Å². The fraction of sp³-hybridized carbons (Fsp3) is 0. The lowest BCUT2D eigenvalue weighted by Gasteiger charge is -2.01. The average Bonchev–Trinajstić information content (AvgIpc) is 3.28. The number of rotatable bonds is 3. The van der Waals surface area contributed by atoms with Gasteiger partial charge in [0.15, 0.2) is 5.13 Å². The smallest absolute Gasteiger partial charge is 0.269 e. The van der Waals surface area contributed by atoms with Crippen LogP contribution in [0.25, 0.3) is 31.7 Å². The molecule has 29 heavy (non-hydrogen) atoms. The van der Waals surface area contributed by atoms with E-state index in [-0.39, 0.29) is 5.91 Å². The zero-order valence-corrected chi connectivity index (χ0v) is 17.2. The van der Waals surface area contributed by atoms with Gasteiger partial charge in [-0.15, -0.1) is 11.3 Å². The first-order valence-electron chi connectivity index (χ1n) is 8.70. The summed E-state index contributed by atoms with van der Waals surface area (Å²) in [5.74, 6) is -0.280. The maximum absolute atomic E-state index is 12.8. The number of benzene rings is 2. The second kappa shape index (κ2) is 7.11. The Hall–Kier alpha value is -3.00. The number of thiophene rings is 1. The van der Waals surface area contributed by atoms with Crippen LogP contribution in [0.1, 0.15) is 9.67 Å². The summed E-state index contributed by atoms with van der Waals surface area (Å²) in [6, 6.07) is 19.0. The van der Waals surface area contributed by atoms with Crippen LogP contribution in [0.5, 0.6) is 0 Å². The number of para-hydroxylation sites is 1. The van der Waals surface area contributed by atoms with Crippen molar-refractivity contribution in [3.8, 4) is 11.3 Å². The summed E-state index contributed by atoms with van der Waals surface area (Å²) in [6.07, 6.45) is 0. The van der Waals surface area contributed by atoms with Crippen molar-refractivity contribution in [1.82, 2.24) is 9.97 Å². The molecular formula is C21H13ClN4OS2. The molecule has 8 heteroatoms. The molecule has 3 N–H and O–H groups in total. The SMILES string of the molecule is Nc1c(C(=O)Nc2nc3ccccc3s2)sc2nc(-c3ccc(Cl)cc3)ccc12. The molecular weight excluding hydrogens is 424 g/mol. The van der Waals surface area contributed by atoms with Crippen molar-refractivity contribution < 1.29 is 4.79 Å². The van der Waals surface area contributed by atoms with Crippen LogP contribution in [-0.2, 0) is 0 Å². The molecule has 5 nitrogen and oxygen atoms in total. The third-order valence-electron chi connectivity index (χ3n) is 4.45. The summed E-state index contributed by atoms with van der Waals surface area (Å²) in [4.78, 5) is 23.1. The van der Waals surface area contributed by atoms with Gasteiger partial charge >= 0.3 is 0 Å². The zero-order chi connectivity index (χ0) is 20.0. The maximum atomic E-state index is 12.8. The van der Waals surface area contributed by atoms with Gasteiger partial charge in [-0.05, 0) is 36.4 Å². The van der Waals surface area contributed by atoms with E-state index in [1.165, 1.54) is 22.7 Å². The molecule has 0 atom stereocenters. The molecule has 0 aliphatic carbocycles. The maximum Gasteiger partial charge on any atom is 0.269 e. The van der Waals surface area contributed by atoms with Crippen LogP contribution in [0.2, 0.25) is 5.02 Å². The minimum atomic E-state index is -0.280. The molecule has 5 aromatic rings. The number of aromatic nitrogens is 2. The van der Waals surface area contributed by atoms with Gasteiger partial charge in [-0.3, -0.25) is 10.1 Å². The Bertz CT molecular complexity index is 1340. The van der Waals surface area contributed by atoms with Gasteiger partial charge in [0.25, 0.3) is 5.91 Å². The number of nitrogens with zero attached hydrogens (tertiary/aromatic N) is 2. The number of anilines is 2. The third kappa shape index (κ3) is 3.33. The number of thiazole rings is 1. The number of carbonyl (C=O) groups excluding carboxylic acids is 1. The first-order valence-corrected chi connectivity index (χ1v) is 10.7. The first-order chi connectivity index (χ1) is 14.1. The van der Waals surface area contributed by atoms with E-state index in [9.17, 15) is 4.79 Å². The van der Waals surface area contributed by atoms with Crippen LogP contribution >= 0.6 is 34.3 Å². The van der Waals surface area contributed by atoms with Gasteiger partial charge in [0.1, 0.15) is 9.71 Å². The highest BCUT2D eigenvalue weighted by Gasteiger charge is 2.19. The molecule has 0 aliphatic rings. The second-order valence-corrected chi connectivity index (χ2v) is 8.81. The van der Waals surface area contributed by atoms with Gasteiger partial charge in [-0.25, -0.2) is 9.97 Å². The van der Waals surface area contributed by atoms with Gasteiger partial charge in [0, 0.05) is 16.0 Å². The third-order valence-corrected chi connectivity index (χ3v) is 6.77. The van der Waals surface area contributed by atoms with Crippen LogP contribution in [0.15, 0.2) is 60.7 Å². The lowest BCUT2D eigenvalue weighted by atomic mass is 10.1. The Morgan fingerprint density at radius 2 is 1.76 bits per heavy atom. The standard InChI is InChI=1S/C21H13ClN4OS2/c22-12-7-5-11(6-8-12)14-10-9-13-17(23)18(29-20(13)24-14)19(27)26-21-25-15-3-1-2-4-16(15)28-21/h1-10H,23H2,(H,25,26,27). The van der Waals surface area contributed by atoms with Crippen molar-refractivity contribution >= 4 is 71.4 Å². The van der Waals surface area contributed by atoms with E-state index in [0.717, 1.165) is 26.9 Å². The molecule has 0 aliphatic heterocycles. The number of nitrogens with two attached hydrogens (primary N) is 1. The largest absolute Gasteiger partial charge is 0.397 e.